The summed E-state index contributed by atoms with van der Waals surface area (Å²) in [5, 5.41) is 12.5. The molecule has 1 atom stereocenters. The van der Waals surface area contributed by atoms with Crippen molar-refractivity contribution in [2.45, 2.75) is 44.7 Å². The van der Waals surface area contributed by atoms with Crippen molar-refractivity contribution in [1.82, 2.24) is 5.32 Å². The second-order valence-electron chi connectivity index (χ2n) is 5.42. The van der Waals surface area contributed by atoms with Gasteiger partial charge in [0.25, 0.3) is 0 Å². The summed E-state index contributed by atoms with van der Waals surface area (Å²) in [4.78, 5) is 11.4. The monoisotopic (exact) mass is 263 g/mol. The first-order chi connectivity index (χ1) is 9.01. The van der Waals surface area contributed by atoms with E-state index in [1.807, 2.05) is 31.2 Å². The second-order valence-corrected chi connectivity index (χ2v) is 5.42. The molecule has 4 nitrogen and oxygen atoms in total. The van der Waals surface area contributed by atoms with Crippen LogP contribution in [0.3, 0.4) is 0 Å². The van der Waals surface area contributed by atoms with Crippen molar-refractivity contribution in [3.05, 3.63) is 29.8 Å². The molecule has 0 bridgehead atoms. The minimum absolute atomic E-state index is 0.361. The maximum Gasteiger partial charge on any atom is 0.323 e. The van der Waals surface area contributed by atoms with Crippen LogP contribution >= 0.6 is 0 Å². The van der Waals surface area contributed by atoms with E-state index in [1.54, 1.807) is 6.92 Å². The van der Waals surface area contributed by atoms with Gasteiger partial charge < -0.3 is 9.84 Å². The van der Waals surface area contributed by atoms with Crippen molar-refractivity contribution >= 4 is 5.97 Å². The molecular formula is C15H21NO3. The third-order valence-corrected chi connectivity index (χ3v) is 3.53. The Balaban J connectivity index is 1.88. The Labute approximate surface area is 113 Å². The van der Waals surface area contributed by atoms with E-state index >= 15 is 0 Å². The van der Waals surface area contributed by atoms with Gasteiger partial charge in [0.05, 0.1) is 6.61 Å². The minimum Gasteiger partial charge on any atom is -0.493 e. The highest BCUT2D eigenvalue weighted by Crippen LogP contribution is 2.25. The molecule has 0 saturated heterocycles. The summed E-state index contributed by atoms with van der Waals surface area (Å²) in [6, 6.07) is 8.12. The fraction of sp³-hybridized carbons (Fsp3) is 0.533. The van der Waals surface area contributed by atoms with Crippen molar-refractivity contribution in [3.63, 3.8) is 0 Å². The number of carboxylic acid groups (broad SMARTS) is 1. The first-order valence-electron chi connectivity index (χ1n) is 6.71. The van der Waals surface area contributed by atoms with Crippen molar-refractivity contribution < 1.29 is 14.6 Å². The summed E-state index contributed by atoms with van der Waals surface area (Å²) in [5.41, 5.74) is 0.166. The molecule has 1 unspecified atom stereocenters. The van der Waals surface area contributed by atoms with Gasteiger partial charge in [0.1, 0.15) is 11.3 Å². The van der Waals surface area contributed by atoms with Gasteiger partial charge in [-0.25, -0.2) is 0 Å². The minimum atomic E-state index is -0.899. The Morgan fingerprint density at radius 3 is 2.74 bits per heavy atom. The number of rotatable bonds is 7. The Bertz CT molecular complexity index is 456. The van der Waals surface area contributed by atoms with Gasteiger partial charge in [0, 0.05) is 12.5 Å². The molecule has 1 aromatic rings. The number of para-hydroxylation sites is 1. The number of aryl methyl sites for hydroxylation is 1. The number of carboxylic acids is 1. The van der Waals surface area contributed by atoms with Gasteiger partial charge in [-0.1, -0.05) is 18.2 Å². The van der Waals surface area contributed by atoms with E-state index in [9.17, 15) is 9.90 Å². The van der Waals surface area contributed by atoms with Gasteiger partial charge in [-0.3, -0.25) is 10.1 Å². The van der Waals surface area contributed by atoms with Crippen molar-refractivity contribution in [2.75, 3.05) is 6.61 Å². The average Bonchev–Trinajstić information content (AvgIpc) is 3.15. The Hall–Kier alpha value is -1.55. The number of carbonyl (C=O) groups is 1. The van der Waals surface area contributed by atoms with Crippen LogP contribution in [0.15, 0.2) is 24.3 Å². The number of nitrogens with one attached hydrogen (secondary N) is 1. The smallest absolute Gasteiger partial charge is 0.323 e. The lowest BCUT2D eigenvalue weighted by Crippen LogP contribution is -2.51. The normalized spacial score (nSPS) is 17.8. The van der Waals surface area contributed by atoms with Crippen LogP contribution in [0.5, 0.6) is 5.75 Å². The van der Waals surface area contributed by atoms with Gasteiger partial charge in [-0.2, -0.15) is 0 Å². The summed E-state index contributed by atoms with van der Waals surface area (Å²) >= 11 is 0. The first-order valence-corrected chi connectivity index (χ1v) is 6.71. The fourth-order valence-electron chi connectivity index (χ4n) is 2.00. The number of ether oxygens (including phenoxy) is 1. The van der Waals surface area contributed by atoms with Crippen LogP contribution in [-0.2, 0) is 4.79 Å². The first kappa shape index (κ1) is 13.9. The van der Waals surface area contributed by atoms with Gasteiger partial charge in [0.2, 0.25) is 0 Å². The molecule has 1 aliphatic rings. The Morgan fingerprint density at radius 1 is 1.47 bits per heavy atom. The standard InChI is InChI=1S/C15H21NO3/c1-11-5-3-4-6-13(11)19-10-9-15(2,14(17)18)16-12-7-8-12/h3-6,12,16H,7-10H2,1-2H3,(H,17,18). The van der Waals surface area contributed by atoms with Crippen LogP contribution in [0.25, 0.3) is 0 Å². The van der Waals surface area contributed by atoms with Gasteiger partial charge in [0.15, 0.2) is 0 Å². The zero-order chi connectivity index (χ0) is 13.9. The lowest BCUT2D eigenvalue weighted by Gasteiger charge is -2.26. The molecule has 1 aliphatic carbocycles. The molecule has 0 heterocycles. The molecule has 1 saturated carbocycles. The van der Waals surface area contributed by atoms with E-state index in [1.165, 1.54) is 0 Å². The van der Waals surface area contributed by atoms with Crippen LogP contribution in [-0.4, -0.2) is 29.3 Å². The summed E-state index contributed by atoms with van der Waals surface area (Å²) in [6.07, 6.45) is 2.59. The molecular weight excluding hydrogens is 242 g/mol. The highest BCUT2D eigenvalue weighted by Gasteiger charge is 2.38. The predicted molar refractivity (Wildman–Crippen MR) is 73.5 cm³/mol. The zero-order valence-electron chi connectivity index (χ0n) is 11.5. The number of benzene rings is 1. The topological polar surface area (TPSA) is 58.6 Å². The van der Waals surface area contributed by atoms with Crippen LogP contribution < -0.4 is 10.1 Å². The molecule has 1 fully saturated rings. The second kappa shape index (κ2) is 5.61. The van der Waals surface area contributed by atoms with E-state index in [0.717, 1.165) is 24.2 Å². The van der Waals surface area contributed by atoms with E-state index in [2.05, 4.69) is 5.32 Å². The highest BCUT2D eigenvalue weighted by atomic mass is 16.5. The molecule has 0 aromatic heterocycles. The van der Waals surface area contributed by atoms with Crippen LogP contribution in [0.4, 0.5) is 0 Å². The van der Waals surface area contributed by atoms with Gasteiger partial charge in [-0.15, -0.1) is 0 Å². The quantitative estimate of drug-likeness (QED) is 0.793. The molecule has 0 radical (unpaired) electrons. The van der Waals surface area contributed by atoms with Crippen LogP contribution in [0.1, 0.15) is 31.7 Å². The number of hydrogen-bond donors (Lipinski definition) is 2. The SMILES string of the molecule is Cc1ccccc1OCCC(C)(NC1CC1)C(=O)O. The number of hydrogen-bond acceptors (Lipinski definition) is 3. The molecule has 0 amide bonds. The number of aliphatic carboxylic acids is 1. The molecule has 104 valence electrons. The summed E-state index contributed by atoms with van der Waals surface area (Å²) < 4.78 is 5.68. The van der Waals surface area contributed by atoms with Crippen molar-refractivity contribution in [3.8, 4) is 5.75 Å². The molecule has 19 heavy (non-hydrogen) atoms. The Kier molecular flexibility index (Phi) is 4.10. The summed E-state index contributed by atoms with van der Waals surface area (Å²) in [7, 11) is 0. The predicted octanol–water partition coefficient (Wildman–Crippen LogP) is 2.36. The third-order valence-electron chi connectivity index (χ3n) is 3.53. The molecule has 2 N–H and O–H groups in total. The third kappa shape index (κ3) is 3.70. The Morgan fingerprint density at radius 2 is 2.16 bits per heavy atom. The highest BCUT2D eigenvalue weighted by molar-refractivity contribution is 5.78. The summed E-state index contributed by atoms with van der Waals surface area (Å²) in [6.45, 7) is 4.11. The van der Waals surface area contributed by atoms with Gasteiger partial charge >= 0.3 is 5.97 Å². The van der Waals surface area contributed by atoms with Crippen LogP contribution in [0.2, 0.25) is 0 Å². The molecule has 2 rings (SSSR count). The molecule has 1 aromatic carbocycles. The zero-order valence-corrected chi connectivity index (χ0v) is 11.5. The maximum atomic E-state index is 11.4. The van der Waals surface area contributed by atoms with E-state index in [-0.39, 0.29) is 0 Å². The molecule has 4 heteroatoms. The van der Waals surface area contributed by atoms with Crippen molar-refractivity contribution in [1.29, 1.82) is 0 Å². The lowest BCUT2D eigenvalue weighted by atomic mass is 9.98. The summed E-state index contributed by atoms with van der Waals surface area (Å²) in [5.74, 6) is 0.00874. The van der Waals surface area contributed by atoms with E-state index in [0.29, 0.717) is 19.1 Å². The lowest BCUT2D eigenvalue weighted by molar-refractivity contribution is -0.144. The molecule has 0 aliphatic heterocycles. The van der Waals surface area contributed by atoms with Gasteiger partial charge in [-0.05, 0) is 38.3 Å². The van der Waals surface area contributed by atoms with E-state index in [4.69, 9.17) is 4.74 Å². The molecule has 0 spiro atoms. The largest absolute Gasteiger partial charge is 0.493 e. The maximum absolute atomic E-state index is 11.4. The average molecular weight is 263 g/mol. The van der Waals surface area contributed by atoms with Crippen LogP contribution in [0, 0.1) is 6.92 Å². The fourth-order valence-corrected chi connectivity index (χ4v) is 2.00. The van der Waals surface area contributed by atoms with Crippen molar-refractivity contribution in [2.24, 2.45) is 0 Å². The van der Waals surface area contributed by atoms with E-state index < -0.39 is 11.5 Å².